The molecule has 2 aromatic carbocycles. The maximum atomic E-state index is 14.2. The van der Waals surface area contributed by atoms with Crippen LogP contribution >= 0.6 is 23.1 Å². The number of hydrogen-bond donors (Lipinski definition) is 1. The second-order valence-electron chi connectivity index (χ2n) is 11.9. The zero-order chi connectivity index (χ0) is 36.1. The van der Waals surface area contributed by atoms with Gasteiger partial charge in [0.25, 0.3) is 15.6 Å². The van der Waals surface area contributed by atoms with Crippen LogP contribution in [-0.2, 0) is 38.8 Å². The van der Waals surface area contributed by atoms with E-state index in [0.717, 1.165) is 71.7 Å². The monoisotopic (exact) mass is 744 g/mol. The third kappa shape index (κ3) is 7.68. The molecule has 0 amide bonds. The minimum atomic E-state index is -4.11. The van der Waals surface area contributed by atoms with Crippen LogP contribution in [0.4, 0.5) is 5.82 Å². The molecule has 4 heterocycles. The number of rotatable bonds is 15. The van der Waals surface area contributed by atoms with E-state index in [1.807, 2.05) is 60.7 Å². The second kappa shape index (κ2) is 16.0. The molecule has 1 N–H and O–H groups in total. The molecule has 4 aromatic heterocycles. The van der Waals surface area contributed by atoms with Gasteiger partial charge in [0.1, 0.15) is 16.7 Å². The van der Waals surface area contributed by atoms with E-state index in [1.165, 1.54) is 0 Å². The Morgan fingerprint density at radius 1 is 1.00 bits per heavy atom. The lowest BCUT2D eigenvalue weighted by molar-refractivity contribution is 0.0753. The van der Waals surface area contributed by atoms with Crippen LogP contribution in [0.15, 0.2) is 95.4 Å². The Labute approximate surface area is 305 Å². The second-order valence-corrected chi connectivity index (χ2v) is 16.0. The van der Waals surface area contributed by atoms with Gasteiger partial charge in [0.2, 0.25) is 0 Å². The van der Waals surface area contributed by atoms with Crippen LogP contribution < -0.4 is 9.86 Å². The molecule has 0 spiro atoms. The molecule has 0 saturated carbocycles. The minimum Gasteiger partial charge on any atom is -0.382 e. The van der Waals surface area contributed by atoms with Crippen molar-refractivity contribution in [1.82, 2.24) is 15.1 Å². The van der Waals surface area contributed by atoms with E-state index in [9.17, 15) is 13.2 Å². The number of thiophene rings is 1. The molecule has 0 atom stereocenters. The van der Waals surface area contributed by atoms with Crippen molar-refractivity contribution in [3.8, 4) is 11.1 Å². The first-order valence-corrected chi connectivity index (χ1v) is 19.8. The van der Waals surface area contributed by atoms with E-state index >= 15 is 0 Å². The Morgan fingerprint density at radius 2 is 1.76 bits per heavy atom. The quantitative estimate of drug-likeness (QED) is 0.0824. The fourth-order valence-corrected chi connectivity index (χ4v) is 9.75. The Hall–Kier alpha value is -4.27. The summed E-state index contributed by atoms with van der Waals surface area (Å²) in [6, 6.07) is 21.5. The van der Waals surface area contributed by atoms with Gasteiger partial charge in [0.15, 0.2) is 5.82 Å². The summed E-state index contributed by atoms with van der Waals surface area (Å²) >= 11 is 2.71. The summed E-state index contributed by atoms with van der Waals surface area (Å²) in [7, 11) is -2.56. The summed E-state index contributed by atoms with van der Waals surface area (Å²) in [5, 5.41) is 6.78. The summed E-state index contributed by atoms with van der Waals surface area (Å²) in [6.45, 7) is 7.91. The first kappa shape index (κ1) is 36.5. The minimum absolute atomic E-state index is 0.141. The van der Waals surface area contributed by atoms with Gasteiger partial charge in [-0.25, -0.2) is 12.7 Å². The van der Waals surface area contributed by atoms with Gasteiger partial charge < -0.3 is 19.0 Å². The number of pyridine rings is 2. The van der Waals surface area contributed by atoms with Crippen molar-refractivity contribution in [2.45, 2.75) is 61.0 Å². The summed E-state index contributed by atoms with van der Waals surface area (Å²) in [4.78, 5) is 23.8. The maximum Gasteiger partial charge on any atom is 0.277 e. The third-order valence-corrected chi connectivity index (χ3v) is 13.0. The fourth-order valence-electron chi connectivity index (χ4n) is 5.76. The predicted molar refractivity (Wildman–Crippen MR) is 203 cm³/mol. The molecule has 0 fully saturated rings. The van der Waals surface area contributed by atoms with Crippen LogP contribution in [0.5, 0.6) is 0 Å². The zero-order valence-electron chi connectivity index (χ0n) is 29.2. The highest BCUT2D eigenvalue weighted by Crippen LogP contribution is 2.39. The number of hydrogen-bond acceptors (Lipinski definition) is 10. The summed E-state index contributed by atoms with van der Waals surface area (Å²) in [5.74, 6) is 0.698. The number of methoxy groups -OCH3 is 1. The van der Waals surface area contributed by atoms with E-state index in [-0.39, 0.29) is 28.9 Å². The third-order valence-electron chi connectivity index (χ3n) is 8.64. The van der Waals surface area contributed by atoms with Gasteiger partial charge in [-0.15, -0.1) is 11.3 Å². The molecule has 0 aliphatic rings. The molecule has 266 valence electrons. The van der Waals surface area contributed by atoms with Gasteiger partial charge in [-0.05, 0) is 67.5 Å². The van der Waals surface area contributed by atoms with E-state index in [2.05, 4.69) is 24.0 Å². The number of nitrogens with one attached hydrogen (secondary N) is 1. The molecule has 13 heteroatoms. The number of H-pyrrole nitrogens is 1. The number of fused-ring (bicyclic) bond motifs is 1. The molecule has 6 aromatic rings. The lowest BCUT2D eigenvalue weighted by atomic mass is 10.0. The van der Waals surface area contributed by atoms with Gasteiger partial charge in [0, 0.05) is 51.1 Å². The highest BCUT2D eigenvalue weighted by Gasteiger charge is 2.33. The SMILES string of the molecule is CCc1cc2[nH]c(=O)c(Cc3ccc(-c4ccsc4S(=O)(=O)N(COCCOC)c4noc(C)c4C)cc3)c(Sc3ccccc3)c2c(CC)n1. The van der Waals surface area contributed by atoms with Crippen LogP contribution in [-0.4, -0.2) is 50.6 Å². The van der Waals surface area contributed by atoms with Crippen molar-refractivity contribution in [1.29, 1.82) is 0 Å². The Morgan fingerprint density at radius 3 is 2.43 bits per heavy atom. The smallest absolute Gasteiger partial charge is 0.277 e. The van der Waals surface area contributed by atoms with Crippen molar-refractivity contribution in [2.75, 3.05) is 31.4 Å². The normalized spacial score (nSPS) is 11.8. The molecule has 10 nitrogen and oxygen atoms in total. The van der Waals surface area contributed by atoms with Crippen molar-refractivity contribution < 1.29 is 22.4 Å². The van der Waals surface area contributed by atoms with Crippen LogP contribution in [0, 0.1) is 13.8 Å². The van der Waals surface area contributed by atoms with E-state index in [0.29, 0.717) is 35.5 Å². The maximum absolute atomic E-state index is 14.2. The number of sulfonamides is 1. The number of nitrogens with zero attached hydrogens (tertiary/aromatic N) is 3. The first-order valence-electron chi connectivity index (χ1n) is 16.7. The Bertz CT molecular complexity index is 2300. The van der Waals surface area contributed by atoms with Crippen LogP contribution in [0.25, 0.3) is 22.0 Å². The van der Waals surface area contributed by atoms with E-state index in [1.54, 1.807) is 44.2 Å². The predicted octanol–water partition coefficient (Wildman–Crippen LogP) is 7.94. The largest absolute Gasteiger partial charge is 0.382 e. The molecule has 0 saturated heterocycles. The summed E-state index contributed by atoms with van der Waals surface area (Å²) in [5.41, 5.74) is 6.01. The number of aromatic nitrogens is 3. The van der Waals surface area contributed by atoms with Gasteiger partial charge in [-0.2, -0.15) is 0 Å². The Balaban J connectivity index is 1.36. The molecule has 0 aliphatic heterocycles. The number of aryl methyl sites for hydroxylation is 3. The van der Waals surface area contributed by atoms with Crippen molar-refractivity contribution in [3.05, 3.63) is 116 Å². The van der Waals surface area contributed by atoms with Gasteiger partial charge >= 0.3 is 0 Å². The summed E-state index contributed by atoms with van der Waals surface area (Å²) in [6.07, 6.45) is 1.88. The number of anilines is 1. The van der Waals surface area contributed by atoms with Gasteiger partial charge in [-0.1, -0.05) is 73.2 Å². The molecule has 51 heavy (non-hydrogen) atoms. The van der Waals surface area contributed by atoms with Crippen LogP contribution in [0.2, 0.25) is 0 Å². The molecule has 0 bridgehead atoms. The van der Waals surface area contributed by atoms with E-state index < -0.39 is 10.0 Å². The fraction of sp³-hybridized carbons (Fsp3) is 0.289. The topological polar surface area (TPSA) is 128 Å². The van der Waals surface area contributed by atoms with Crippen molar-refractivity contribution in [3.63, 3.8) is 0 Å². The molecular weight excluding hydrogens is 705 g/mol. The highest BCUT2D eigenvalue weighted by atomic mass is 32.2. The number of benzene rings is 2. The lowest BCUT2D eigenvalue weighted by Gasteiger charge is -2.22. The average Bonchev–Trinajstić information content (AvgIpc) is 3.77. The average molecular weight is 745 g/mol. The first-order chi connectivity index (χ1) is 24.7. The highest BCUT2D eigenvalue weighted by molar-refractivity contribution is 7.99. The van der Waals surface area contributed by atoms with Crippen molar-refractivity contribution in [2.24, 2.45) is 0 Å². The standard InChI is InChI=1S/C38H40N4O6S3/c1-6-28-22-33-34(32(7-2)39-28)35(50-29-11-9-8-10-12-29)31(37(43)40-33)21-26-13-15-27(16-14-26)30-17-20-49-38(30)51(44,45)42(23-47-19-18-46-5)36-24(3)25(4)48-41-36/h8-17,20,22H,6-7,18-19,21,23H2,1-5H3,(H,40,43). The molecule has 0 unspecified atom stereocenters. The zero-order valence-corrected chi connectivity index (χ0v) is 31.6. The van der Waals surface area contributed by atoms with E-state index in [4.69, 9.17) is 19.0 Å². The summed E-state index contributed by atoms with van der Waals surface area (Å²) < 4.78 is 45.9. The number of aromatic amines is 1. The van der Waals surface area contributed by atoms with Crippen LogP contribution in [0.3, 0.4) is 0 Å². The molecule has 6 rings (SSSR count). The van der Waals surface area contributed by atoms with Crippen molar-refractivity contribution >= 4 is 49.8 Å². The van der Waals surface area contributed by atoms with Gasteiger partial charge in [0.05, 0.1) is 24.4 Å². The van der Waals surface area contributed by atoms with Gasteiger partial charge in [-0.3, -0.25) is 9.78 Å². The molecule has 0 aliphatic carbocycles. The van der Waals surface area contributed by atoms with Crippen LogP contribution in [0.1, 0.15) is 47.7 Å². The Kier molecular flexibility index (Phi) is 11.4. The molecular formula is C38H40N4O6S3. The molecule has 0 radical (unpaired) electrons. The lowest BCUT2D eigenvalue weighted by Crippen LogP contribution is -2.34. The number of ether oxygens (including phenoxy) is 2.